The van der Waals surface area contributed by atoms with Crippen LogP contribution in [0.4, 0.5) is 5.69 Å². The standard InChI is InChI=1S/C20H13ClN2O2S/c21-16-9-5-4-8-15(16)18-11-10-14(25-18)12-17-19(24)23(20(26)22-17)13-6-2-1-3-7-13/h1-12H,(H,22,26)/b17-12-. The lowest BCUT2D eigenvalue weighted by molar-refractivity contribution is -0.113. The summed E-state index contributed by atoms with van der Waals surface area (Å²) in [6, 6.07) is 20.3. The number of nitrogens with zero attached hydrogens (tertiary/aromatic N) is 1. The zero-order valence-corrected chi connectivity index (χ0v) is 15.1. The van der Waals surface area contributed by atoms with Crippen LogP contribution < -0.4 is 10.2 Å². The fraction of sp³-hybridized carbons (Fsp3) is 0. The number of anilines is 1. The van der Waals surface area contributed by atoms with Crippen LogP contribution in [0.25, 0.3) is 17.4 Å². The zero-order valence-electron chi connectivity index (χ0n) is 13.5. The van der Waals surface area contributed by atoms with Gasteiger partial charge in [-0.1, -0.05) is 41.9 Å². The van der Waals surface area contributed by atoms with E-state index in [1.807, 2.05) is 54.6 Å². The lowest BCUT2D eigenvalue weighted by Crippen LogP contribution is -2.30. The lowest BCUT2D eigenvalue weighted by atomic mass is 10.2. The van der Waals surface area contributed by atoms with E-state index in [1.165, 1.54) is 4.90 Å². The van der Waals surface area contributed by atoms with Crippen LogP contribution in [0.5, 0.6) is 0 Å². The van der Waals surface area contributed by atoms with E-state index in [1.54, 1.807) is 18.2 Å². The van der Waals surface area contributed by atoms with E-state index < -0.39 is 0 Å². The van der Waals surface area contributed by atoms with Crippen molar-refractivity contribution in [3.8, 4) is 11.3 Å². The number of carbonyl (C=O) groups is 1. The number of para-hydroxylation sites is 1. The number of halogens is 1. The summed E-state index contributed by atoms with van der Waals surface area (Å²) in [6.45, 7) is 0. The quantitative estimate of drug-likeness (QED) is 0.520. The monoisotopic (exact) mass is 380 g/mol. The van der Waals surface area contributed by atoms with Crippen molar-refractivity contribution in [3.05, 3.63) is 83.2 Å². The van der Waals surface area contributed by atoms with Gasteiger partial charge in [0.2, 0.25) is 0 Å². The third-order valence-corrected chi connectivity index (χ3v) is 4.56. The number of benzene rings is 2. The second-order valence-electron chi connectivity index (χ2n) is 5.65. The van der Waals surface area contributed by atoms with Gasteiger partial charge in [-0.25, -0.2) is 0 Å². The van der Waals surface area contributed by atoms with Gasteiger partial charge < -0.3 is 9.73 Å². The first-order valence-corrected chi connectivity index (χ1v) is 8.69. The maximum atomic E-state index is 12.7. The number of amides is 1. The van der Waals surface area contributed by atoms with Gasteiger partial charge >= 0.3 is 0 Å². The Balaban J connectivity index is 1.63. The van der Waals surface area contributed by atoms with E-state index in [0.717, 1.165) is 11.3 Å². The second-order valence-corrected chi connectivity index (χ2v) is 6.44. The SMILES string of the molecule is O=C1/C(=C/c2ccc(-c3ccccc3Cl)o2)NC(=S)N1c1ccccc1. The summed E-state index contributed by atoms with van der Waals surface area (Å²) < 4.78 is 5.82. The summed E-state index contributed by atoms with van der Waals surface area (Å²) in [4.78, 5) is 14.2. The first kappa shape index (κ1) is 16.6. The highest BCUT2D eigenvalue weighted by Gasteiger charge is 2.32. The molecule has 3 aromatic rings. The van der Waals surface area contributed by atoms with E-state index in [-0.39, 0.29) is 5.91 Å². The van der Waals surface area contributed by atoms with Gasteiger partial charge in [-0.2, -0.15) is 0 Å². The first-order chi connectivity index (χ1) is 12.6. The molecule has 1 amide bonds. The molecule has 128 valence electrons. The van der Waals surface area contributed by atoms with Crippen molar-refractivity contribution in [2.75, 3.05) is 4.90 Å². The van der Waals surface area contributed by atoms with E-state index in [2.05, 4.69) is 5.32 Å². The van der Waals surface area contributed by atoms with E-state index in [4.69, 9.17) is 28.2 Å². The van der Waals surface area contributed by atoms with Crippen LogP contribution in [-0.2, 0) is 4.79 Å². The molecule has 1 saturated heterocycles. The Bertz CT molecular complexity index is 1030. The normalized spacial score (nSPS) is 15.6. The topological polar surface area (TPSA) is 45.5 Å². The zero-order chi connectivity index (χ0) is 18.1. The fourth-order valence-electron chi connectivity index (χ4n) is 2.73. The predicted molar refractivity (Wildman–Crippen MR) is 107 cm³/mol. The van der Waals surface area contributed by atoms with Crippen LogP contribution in [0.3, 0.4) is 0 Å². The van der Waals surface area contributed by atoms with Gasteiger partial charge in [0, 0.05) is 11.6 Å². The fourth-order valence-corrected chi connectivity index (χ4v) is 3.25. The molecule has 1 aliphatic rings. The molecule has 0 spiro atoms. The van der Waals surface area contributed by atoms with E-state index >= 15 is 0 Å². The molecule has 1 aliphatic heterocycles. The summed E-state index contributed by atoms with van der Waals surface area (Å²) >= 11 is 11.5. The highest BCUT2D eigenvalue weighted by molar-refractivity contribution is 7.80. The van der Waals surface area contributed by atoms with Crippen LogP contribution in [0, 0.1) is 0 Å². The molecule has 1 N–H and O–H groups in total. The second kappa shape index (κ2) is 6.78. The Morgan fingerprint density at radius 2 is 1.73 bits per heavy atom. The molecule has 0 bridgehead atoms. The minimum atomic E-state index is -0.225. The van der Waals surface area contributed by atoms with E-state index in [9.17, 15) is 4.79 Å². The molecule has 26 heavy (non-hydrogen) atoms. The van der Waals surface area contributed by atoms with Crippen molar-refractivity contribution in [1.29, 1.82) is 0 Å². The molecule has 0 saturated carbocycles. The number of carbonyl (C=O) groups excluding carboxylic acids is 1. The average Bonchev–Trinajstić information content (AvgIpc) is 3.21. The number of thiocarbonyl (C=S) groups is 1. The third kappa shape index (κ3) is 3.03. The molecule has 0 atom stereocenters. The maximum absolute atomic E-state index is 12.7. The Labute approximate surface area is 160 Å². The Kier molecular flexibility index (Phi) is 4.32. The summed E-state index contributed by atoms with van der Waals surface area (Å²) in [5.41, 5.74) is 1.87. The summed E-state index contributed by atoms with van der Waals surface area (Å²) in [5, 5.41) is 3.89. The van der Waals surface area contributed by atoms with Gasteiger partial charge in [0.15, 0.2) is 5.11 Å². The predicted octanol–water partition coefficient (Wildman–Crippen LogP) is 4.86. The lowest BCUT2D eigenvalue weighted by Gasteiger charge is -2.13. The molecule has 1 aromatic heterocycles. The van der Waals surface area contributed by atoms with Gasteiger partial charge in [-0.05, 0) is 48.6 Å². The van der Waals surface area contributed by atoms with E-state index in [0.29, 0.717) is 27.4 Å². The third-order valence-electron chi connectivity index (χ3n) is 3.95. The molecule has 4 rings (SSSR count). The van der Waals surface area contributed by atoms with Crippen molar-refractivity contribution in [1.82, 2.24) is 5.32 Å². The molecule has 6 heteroatoms. The van der Waals surface area contributed by atoms with Crippen molar-refractivity contribution >= 4 is 46.6 Å². The van der Waals surface area contributed by atoms with Crippen LogP contribution in [0.1, 0.15) is 5.76 Å². The molecule has 2 heterocycles. The van der Waals surface area contributed by atoms with Gasteiger partial charge in [0.1, 0.15) is 17.2 Å². The highest BCUT2D eigenvalue weighted by atomic mass is 35.5. The van der Waals surface area contributed by atoms with Gasteiger partial charge in [0.05, 0.1) is 10.7 Å². The number of hydrogen-bond acceptors (Lipinski definition) is 3. The highest BCUT2D eigenvalue weighted by Crippen LogP contribution is 2.30. The summed E-state index contributed by atoms with van der Waals surface area (Å²) in [6.07, 6.45) is 1.64. The minimum absolute atomic E-state index is 0.225. The number of furan rings is 1. The number of hydrogen-bond donors (Lipinski definition) is 1. The van der Waals surface area contributed by atoms with Crippen LogP contribution in [0.15, 0.2) is 76.8 Å². The molecular weight excluding hydrogens is 368 g/mol. The van der Waals surface area contributed by atoms with Gasteiger partial charge in [0.25, 0.3) is 5.91 Å². The summed E-state index contributed by atoms with van der Waals surface area (Å²) in [5.74, 6) is 0.945. The van der Waals surface area contributed by atoms with Gasteiger partial charge in [-0.15, -0.1) is 0 Å². The van der Waals surface area contributed by atoms with Crippen molar-refractivity contribution in [2.45, 2.75) is 0 Å². The smallest absolute Gasteiger partial charge is 0.281 e. The molecule has 0 radical (unpaired) electrons. The molecular formula is C20H13ClN2O2S. The Morgan fingerprint density at radius 3 is 2.50 bits per heavy atom. The molecule has 2 aromatic carbocycles. The molecule has 0 unspecified atom stereocenters. The van der Waals surface area contributed by atoms with Crippen LogP contribution >= 0.6 is 23.8 Å². The van der Waals surface area contributed by atoms with Crippen molar-refractivity contribution < 1.29 is 9.21 Å². The van der Waals surface area contributed by atoms with Crippen molar-refractivity contribution in [2.24, 2.45) is 0 Å². The Hall–Kier alpha value is -2.89. The Morgan fingerprint density at radius 1 is 1.00 bits per heavy atom. The van der Waals surface area contributed by atoms with Crippen molar-refractivity contribution in [3.63, 3.8) is 0 Å². The molecule has 4 nitrogen and oxygen atoms in total. The first-order valence-electron chi connectivity index (χ1n) is 7.90. The molecule has 0 aliphatic carbocycles. The minimum Gasteiger partial charge on any atom is -0.457 e. The maximum Gasteiger partial charge on any atom is 0.281 e. The van der Waals surface area contributed by atoms with Gasteiger partial charge in [-0.3, -0.25) is 9.69 Å². The average molecular weight is 381 g/mol. The summed E-state index contributed by atoms with van der Waals surface area (Å²) in [7, 11) is 0. The number of nitrogens with one attached hydrogen (secondary N) is 1. The number of rotatable bonds is 3. The largest absolute Gasteiger partial charge is 0.457 e. The molecule has 1 fully saturated rings. The van der Waals surface area contributed by atoms with Crippen LogP contribution in [-0.4, -0.2) is 11.0 Å². The van der Waals surface area contributed by atoms with Crippen LogP contribution in [0.2, 0.25) is 5.02 Å².